The monoisotopic (exact) mass is 370 g/mol. The number of nitrogens with two attached hydrogens (primary N) is 1. The average molecular weight is 371 g/mol. The summed E-state index contributed by atoms with van der Waals surface area (Å²) in [4.78, 5) is 2.53. The molecule has 0 saturated heterocycles. The highest BCUT2D eigenvalue weighted by Crippen LogP contribution is 2.29. The molecular weight excluding hydrogens is 344 g/mol. The van der Waals surface area contributed by atoms with E-state index < -0.39 is 0 Å². The van der Waals surface area contributed by atoms with Gasteiger partial charge in [0.1, 0.15) is 0 Å². The Labute approximate surface area is 160 Å². The summed E-state index contributed by atoms with van der Waals surface area (Å²) in [7, 11) is 0. The first-order chi connectivity index (χ1) is 12.8. The standard InChI is InChI=1S/C21H27ClN4/c22-18-8-3-5-15-14-26(12-4-7-16(15)18)21-13-20(24-11-10-23)17-6-1-2-9-19(17)25-21/h1-3,5-6,8,13,19,21,24-25H,4,7,9-12,14,23H2. The number of allylic oxidation sites excluding steroid dienone is 2. The molecule has 5 heteroatoms. The van der Waals surface area contributed by atoms with Crippen molar-refractivity contribution in [1.29, 1.82) is 0 Å². The molecule has 2 aliphatic heterocycles. The van der Waals surface area contributed by atoms with Crippen molar-refractivity contribution in [2.45, 2.75) is 38.0 Å². The molecule has 0 fully saturated rings. The van der Waals surface area contributed by atoms with E-state index in [1.807, 2.05) is 6.07 Å². The zero-order valence-electron chi connectivity index (χ0n) is 15.0. The number of fused-ring (bicyclic) bond motifs is 2. The second-order valence-electron chi connectivity index (χ2n) is 7.20. The van der Waals surface area contributed by atoms with E-state index in [0.717, 1.165) is 43.9 Å². The van der Waals surface area contributed by atoms with Gasteiger partial charge in [-0.1, -0.05) is 42.0 Å². The van der Waals surface area contributed by atoms with Crippen molar-refractivity contribution in [3.63, 3.8) is 0 Å². The van der Waals surface area contributed by atoms with E-state index in [9.17, 15) is 0 Å². The summed E-state index contributed by atoms with van der Waals surface area (Å²) < 4.78 is 0. The Morgan fingerprint density at radius 1 is 1.35 bits per heavy atom. The summed E-state index contributed by atoms with van der Waals surface area (Å²) in [6.07, 6.45) is 12.3. The Kier molecular flexibility index (Phi) is 5.46. The third kappa shape index (κ3) is 3.60. The molecule has 1 aliphatic carbocycles. The van der Waals surface area contributed by atoms with Crippen LogP contribution in [0.25, 0.3) is 0 Å². The second kappa shape index (κ2) is 7.97. The Balaban J connectivity index is 1.60. The summed E-state index contributed by atoms with van der Waals surface area (Å²) in [6, 6.07) is 6.65. The quantitative estimate of drug-likeness (QED) is 0.762. The van der Waals surface area contributed by atoms with Crippen LogP contribution in [0.15, 0.2) is 53.8 Å². The molecule has 2 atom stereocenters. The number of halogens is 1. The zero-order chi connectivity index (χ0) is 17.9. The molecule has 0 radical (unpaired) electrons. The summed E-state index contributed by atoms with van der Waals surface area (Å²) >= 11 is 6.44. The van der Waals surface area contributed by atoms with Crippen molar-refractivity contribution in [2.75, 3.05) is 19.6 Å². The van der Waals surface area contributed by atoms with Crippen LogP contribution in [0, 0.1) is 0 Å². The summed E-state index contributed by atoms with van der Waals surface area (Å²) in [5.41, 5.74) is 11.0. The first-order valence-corrected chi connectivity index (χ1v) is 9.93. The first kappa shape index (κ1) is 17.8. The fourth-order valence-electron chi connectivity index (χ4n) is 4.18. The van der Waals surface area contributed by atoms with Crippen LogP contribution in [-0.4, -0.2) is 36.7 Å². The SMILES string of the molecule is NCCNC1=CC(N2CCCc3c(Cl)cccc3C2)NC2CC=CC=C12. The zero-order valence-corrected chi connectivity index (χ0v) is 15.8. The highest BCUT2D eigenvalue weighted by atomic mass is 35.5. The Hall–Kier alpha value is -1.59. The lowest BCUT2D eigenvalue weighted by Crippen LogP contribution is -2.53. The van der Waals surface area contributed by atoms with Crippen molar-refractivity contribution >= 4 is 11.6 Å². The summed E-state index contributed by atoms with van der Waals surface area (Å²) in [5.74, 6) is 0. The largest absolute Gasteiger partial charge is 0.384 e. The predicted molar refractivity (Wildman–Crippen MR) is 108 cm³/mol. The number of nitrogens with zero attached hydrogens (tertiary/aromatic N) is 1. The minimum absolute atomic E-state index is 0.217. The van der Waals surface area contributed by atoms with Gasteiger partial charge in [0.15, 0.2) is 0 Å². The minimum atomic E-state index is 0.217. The molecular formula is C21H27ClN4. The smallest absolute Gasteiger partial charge is 0.0820 e. The number of benzene rings is 1. The van der Waals surface area contributed by atoms with E-state index in [2.05, 4.69) is 52.0 Å². The molecule has 26 heavy (non-hydrogen) atoms. The fourth-order valence-corrected chi connectivity index (χ4v) is 4.47. The van der Waals surface area contributed by atoms with Crippen LogP contribution >= 0.6 is 11.6 Å². The van der Waals surface area contributed by atoms with Gasteiger partial charge in [0.25, 0.3) is 0 Å². The number of hydrogen-bond donors (Lipinski definition) is 3. The van der Waals surface area contributed by atoms with Crippen LogP contribution in [0.1, 0.15) is 24.0 Å². The van der Waals surface area contributed by atoms with Crippen LogP contribution in [0.4, 0.5) is 0 Å². The van der Waals surface area contributed by atoms with Crippen LogP contribution in [0.3, 0.4) is 0 Å². The maximum atomic E-state index is 6.44. The van der Waals surface area contributed by atoms with Gasteiger partial charge < -0.3 is 11.1 Å². The number of nitrogens with one attached hydrogen (secondary N) is 2. The van der Waals surface area contributed by atoms with Gasteiger partial charge in [-0.2, -0.15) is 0 Å². The van der Waals surface area contributed by atoms with Crippen molar-refractivity contribution in [1.82, 2.24) is 15.5 Å². The highest BCUT2D eigenvalue weighted by Gasteiger charge is 2.30. The number of rotatable bonds is 4. The highest BCUT2D eigenvalue weighted by molar-refractivity contribution is 6.31. The van der Waals surface area contributed by atoms with E-state index in [1.54, 1.807) is 0 Å². The van der Waals surface area contributed by atoms with Gasteiger partial charge in [0.2, 0.25) is 0 Å². The van der Waals surface area contributed by atoms with Crippen molar-refractivity contribution in [2.24, 2.45) is 5.73 Å². The van der Waals surface area contributed by atoms with E-state index in [4.69, 9.17) is 17.3 Å². The lowest BCUT2D eigenvalue weighted by atomic mass is 9.92. The average Bonchev–Trinajstić information content (AvgIpc) is 2.89. The molecule has 0 bridgehead atoms. The topological polar surface area (TPSA) is 53.3 Å². The van der Waals surface area contributed by atoms with Crippen LogP contribution in [0.5, 0.6) is 0 Å². The molecule has 0 spiro atoms. The van der Waals surface area contributed by atoms with E-state index in [1.165, 1.54) is 22.4 Å². The molecule has 4 rings (SSSR count). The van der Waals surface area contributed by atoms with Gasteiger partial charge >= 0.3 is 0 Å². The van der Waals surface area contributed by atoms with E-state index >= 15 is 0 Å². The van der Waals surface area contributed by atoms with Gasteiger partial charge in [0, 0.05) is 42.9 Å². The Morgan fingerprint density at radius 3 is 3.15 bits per heavy atom. The molecule has 1 aromatic carbocycles. The van der Waals surface area contributed by atoms with Crippen molar-refractivity contribution in [3.8, 4) is 0 Å². The summed E-state index contributed by atoms with van der Waals surface area (Å²) in [6.45, 7) is 3.42. The molecule has 4 N–H and O–H groups in total. The molecule has 4 nitrogen and oxygen atoms in total. The molecule has 0 saturated carbocycles. The number of hydrogen-bond acceptors (Lipinski definition) is 4. The molecule has 138 valence electrons. The molecule has 3 aliphatic rings. The lowest BCUT2D eigenvalue weighted by Gasteiger charge is -2.39. The molecule has 0 aromatic heterocycles. The Bertz CT molecular complexity index is 752. The maximum Gasteiger partial charge on any atom is 0.0820 e. The molecule has 2 heterocycles. The van der Waals surface area contributed by atoms with Crippen LogP contribution in [0.2, 0.25) is 5.02 Å². The van der Waals surface area contributed by atoms with Gasteiger partial charge in [-0.25, -0.2) is 0 Å². The third-order valence-electron chi connectivity index (χ3n) is 5.48. The molecule has 2 unspecified atom stereocenters. The maximum absolute atomic E-state index is 6.44. The minimum Gasteiger partial charge on any atom is -0.384 e. The molecule has 1 aromatic rings. The second-order valence-corrected chi connectivity index (χ2v) is 7.60. The lowest BCUT2D eigenvalue weighted by molar-refractivity contribution is 0.179. The van der Waals surface area contributed by atoms with Gasteiger partial charge in [-0.05, 0) is 48.1 Å². The fraction of sp³-hybridized carbons (Fsp3) is 0.429. The normalized spacial score (nSPS) is 25.6. The predicted octanol–water partition coefficient (Wildman–Crippen LogP) is 2.70. The van der Waals surface area contributed by atoms with Crippen molar-refractivity contribution in [3.05, 3.63) is 69.9 Å². The van der Waals surface area contributed by atoms with E-state index in [-0.39, 0.29) is 6.17 Å². The first-order valence-electron chi connectivity index (χ1n) is 9.55. The van der Waals surface area contributed by atoms with Crippen LogP contribution in [-0.2, 0) is 13.0 Å². The van der Waals surface area contributed by atoms with Gasteiger partial charge in [-0.3, -0.25) is 10.2 Å². The third-order valence-corrected chi connectivity index (χ3v) is 5.84. The van der Waals surface area contributed by atoms with Gasteiger partial charge in [0.05, 0.1) is 6.17 Å². The van der Waals surface area contributed by atoms with Gasteiger partial charge in [-0.15, -0.1) is 0 Å². The Morgan fingerprint density at radius 2 is 2.27 bits per heavy atom. The summed E-state index contributed by atoms with van der Waals surface area (Å²) in [5, 5.41) is 8.27. The van der Waals surface area contributed by atoms with Crippen molar-refractivity contribution < 1.29 is 0 Å². The van der Waals surface area contributed by atoms with Crippen LogP contribution < -0.4 is 16.4 Å². The van der Waals surface area contributed by atoms with E-state index in [0.29, 0.717) is 12.6 Å². The molecule has 0 amide bonds.